The van der Waals surface area contributed by atoms with Gasteiger partial charge in [0, 0.05) is 13.1 Å². The number of amides is 1. The summed E-state index contributed by atoms with van der Waals surface area (Å²) >= 11 is 0. The van der Waals surface area contributed by atoms with Crippen molar-refractivity contribution in [1.29, 1.82) is 0 Å². The predicted molar refractivity (Wildman–Crippen MR) is 78.1 cm³/mol. The third-order valence-corrected chi connectivity index (χ3v) is 4.11. The molecule has 1 unspecified atom stereocenters. The fourth-order valence-corrected chi connectivity index (χ4v) is 2.86. The molecule has 19 heavy (non-hydrogen) atoms. The highest BCUT2D eigenvalue weighted by molar-refractivity contribution is 5.83. The molecule has 3 nitrogen and oxygen atoms in total. The summed E-state index contributed by atoms with van der Waals surface area (Å²) in [6.07, 6.45) is 2.99. The van der Waals surface area contributed by atoms with Gasteiger partial charge >= 0.3 is 0 Å². The fourth-order valence-electron chi connectivity index (χ4n) is 2.86. The van der Waals surface area contributed by atoms with E-state index in [1.807, 2.05) is 30.1 Å². The Morgan fingerprint density at radius 3 is 2.53 bits per heavy atom. The summed E-state index contributed by atoms with van der Waals surface area (Å²) in [6, 6.07) is 10.5. The van der Waals surface area contributed by atoms with Crippen LogP contribution in [-0.2, 0) is 4.79 Å². The van der Waals surface area contributed by atoms with Crippen LogP contribution in [0.2, 0.25) is 0 Å². The van der Waals surface area contributed by atoms with Crippen LogP contribution in [0.5, 0.6) is 0 Å². The van der Waals surface area contributed by atoms with Crippen molar-refractivity contribution < 1.29 is 4.79 Å². The van der Waals surface area contributed by atoms with E-state index >= 15 is 0 Å². The second kappa shape index (κ2) is 6.71. The maximum atomic E-state index is 12.7. The molecule has 0 aromatic heterocycles. The largest absolute Gasteiger partial charge is 0.342 e. The molecule has 1 aromatic carbocycles. The number of piperidine rings is 1. The number of likely N-dealkylation sites (N-methyl/N-ethyl adjacent to an activating group) is 1. The average molecular weight is 260 g/mol. The van der Waals surface area contributed by atoms with Gasteiger partial charge in [0.15, 0.2) is 0 Å². The van der Waals surface area contributed by atoms with Gasteiger partial charge in [0.05, 0.1) is 5.92 Å². The Morgan fingerprint density at radius 2 is 1.95 bits per heavy atom. The molecule has 1 aliphatic rings. The third kappa shape index (κ3) is 3.35. The number of rotatable bonds is 4. The lowest BCUT2D eigenvalue weighted by molar-refractivity contribution is -0.134. The van der Waals surface area contributed by atoms with Crippen molar-refractivity contribution in [3.63, 3.8) is 0 Å². The highest BCUT2D eigenvalue weighted by atomic mass is 16.2. The molecule has 0 radical (unpaired) electrons. The lowest BCUT2D eigenvalue weighted by atomic mass is 9.93. The standard InChI is InChI=1S/C16H24N2O/c1-3-15(13-7-5-4-6-8-13)16(19)18(2)14-9-11-17-12-10-14/h4-8,14-15,17H,3,9-12H2,1-2H3. The molecule has 3 heteroatoms. The third-order valence-electron chi connectivity index (χ3n) is 4.11. The summed E-state index contributed by atoms with van der Waals surface area (Å²) in [5.74, 6) is 0.265. The summed E-state index contributed by atoms with van der Waals surface area (Å²) < 4.78 is 0. The van der Waals surface area contributed by atoms with E-state index in [-0.39, 0.29) is 11.8 Å². The second-order valence-corrected chi connectivity index (χ2v) is 5.30. The summed E-state index contributed by atoms with van der Waals surface area (Å²) in [5.41, 5.74) is 1.13. The first-order valence-corrected chi connectivity index (χ1v) is 7.26. The molecule has 1 heterocycles. The monoisotopic (exact) mass is 260 g/mol. The number of benzene rings is 1. The number of carbonyl (C=O) groups excluding carboxylic acids is 1. The Labute approximate surface area is 116 Å². The van der Waals surface area contributed by atoms with Gasteiger partial charge in [-0.2, -0.15) is 0 Å². The van der Waals surface area contributed by atoms with Crippen LogP contribution in [0.1, 0.15) is 37.7 Å². The molecule has 0 bridgehead atoms. The van der Waals surface area contributed by atoms with Crippen molar-refractivity contribution in [3.05, 3.63) is 35.9 Å². The molecule has 104 valence electrons. The van der Waals surface area contributed by atoms with Crippen molar-refractivity contribution in [2.75, 3.05) is 20.1 Å². The van der Waals surface area contributed by atoms with Crippen molar-refractivity contribution in [2.24, 2.45) is 0 Å². The minimum absolute atomic E-state index is 0.00101. The quantitative estimate of drug-likeness (QED) is 0.901. The first-order chi connectivity index (χ1) is 9.24. The van der Waals surface area contributed by atoms with Gasteiger partial charge in [-0.15, -0.1) is 0 Å². The summed E-state index contributed by atoms with van der Waals surface area (Å²) in [5, 5.41) is 3.35. The molecule has 1 fully saturated rings. The lowest BCUT2D eigenvalue weighted by Gasteiger charge is -2.34. The summed E-state index contributed by atoms with van der Waals surface area (Å²) in [7, 11) is 1.96. The average Bonchev–Trinajstić information content (AvgIpc) is 2.49. The van der Waals surface area contributed by atoms with Crippen LogP contribution < -0.4 is 5.32 Å². The molecule has 1 aromatic rings. The van der Waals surface area contributed by atoms with E-state index in [0.29, 0.717) is 6.04 Å². The molecule has 1 saturated heterocycles. The van der Waals surface area contributed by atoms with Crippen LogP contribution in [-0.4, -0.2) is 37.0 Å². The lowest BCUT2D eigenvalue weighted by Crippen LogP contribution is -2.45. The number of carbonyl (C=O) groups is 1. The highest BCUT2D eigenvalue weighted by Gasteiger charge is 2.27. The van der Waals surface area contributed by atoms with Crippen LogP contribution >= 0.6 is 0 Å². The van der Waals surface area contributed by atoms with Crippen molar-refractivity contribution in [2.45, 2.75) is 38.1 Å². The molecule has 1 N–H and O–H groups in total. The maximum absolute atomic E-state index is 12.7. The molecule has 1 aliphatic heterocycles. The molecule has 1 amide bonds. The van der Waals surface area contributed by atoms with E-state index in [1.165, 1.54) is 0 Å². The van der Waals surface area contributed by atoms with E-state index < -0.39 is 0 Å². The Hall–Kier alpha value is -1.35. The highest BCUT2D eigenvalue weighted by Crippen LogP contribution is 2.23. The molecule has 0 saturated carbocycles. The number of nitrogens with one attached hydrogen (secondary N) is 1. The summed E-state index contributed by atoms with van der Waals surface area (Å²) in [6.45, 7) is 4.13. The SMILES string of the molecule is CCC(C(=O)N(C)C1CCNCC1)c1ccccc1. The predicted octanol–water partition coefficient (Wildman–Crippen LogP) is 2.39. The fraction of sp³-hybridized carbons (Fsp3) is 0.562. The number of hydrogen-bond acceptors (Lipinski definition) is 2. The minimum atomic E-state index is 0.00101. The molecular weight excluding hydrogens is 236 g/mol. The van der Waals surface area contributed by atoms with E-state index in [0.717, 1.165) is 37.9 Å². The zero-order chi connectivity index (χ0) is 13.7. The number of nitrogens with zero attached hydrogens (tertiary/aromatic N) is 1. The molecule has 0 spiro atoms. The Kier molecular flexibility index (Phi) is 4.97. The zero-order valence-corrected chi connectivity index (χ0v) is 11.9. The van der Waals surface area contributed by atoms with E-state index in [2.05, 4.69) is 24.4 Å². The molecule has 0 aliphatic carbocycles. The van der Waals surface area contributed by atoms with Crippen LogP contribution in [0, 0.1) is 0 Å². The Morgan fingerprint density at radius 1 is 1.32 bits per heavy atom. The smallest absolute Gasteiger partial charge is 0.230 e. The Bertz CT molecular complexity index is 398. The van der Waals surface area contributed by atoms with Gasteiger partial charge in [0.25, 0.3) is 0 Å². The van der Waals surface area contributed by atoms with Crippen molar-refractivity contribution in [1.82, 2.24) is 10.2 Å². The zero-order valence-electron chi connectivity index (χ0n) is 11.9. The Balaban J connectivity index is 2.07. The first-order valence-electron chi connectivity index (χ1n) is 7.26. The van der Waals surface area contributed by atoms with Crippen molar-refractivity contribution in [3.8, 4) is 0 Å². The van der Waals surface area contributed by atoms with E-state index in [4.69, 9.17) is 0 Å². The number of hydrogen-bond donors (Lipinski definition) is 1. The first kappa shape index (κ1) is 14.1. The second-order valence-electron chi connectivity index (χ2n) is 5.30. The van der Waals surface area contributed by atoms with Crippen LogP contribution in [0.25, 0.3) is 0 Å². The van der Waals surface area contributed by atoms with Gasteiger partial charge in [-0.05, 0) is 37.9 Å². The summed E-state index contributed by atoms with van der Waals surface area (Å²) in [4.78, 5) is 14.7. The van der Waals surface area contributed by atoms with E-state index in [1.54, 1.807) is 0 Å². The maximum Gasteiger partial charge on any atom is 0.230 e. The topological polar surface area (TPSA) is 32.3 Å². The van der Waals surface area contributed by atoms with Crippen LogP contribution in [0.15, 0.2) is 30.3 Å². The van der Waals surface area contributed by atoms with Crippen molar-refractivity contribution >= 4 is 5.91 Å². The molecular formula is C16H24N2O. The van der Waals surface area contributed by atoms with Crippen LogP contribution in [0.3, 0.4) is 0 Å². The van der Waals surface area contributed by atoms with Gasteiger partial charge in [0.2, 0.25) is 5.91 Å². The van der Waals surface area contributed by atoms with Gasteiger partial charge < -0.3 is 10.2 Å². The van der Waals surface area contributed by atoms with Gasteiger partial charge in [-0.3, -0.25) is 4.79 Å². The molecule has 1 atom stereocenters. The van der Waals surface area contributed by atoms with Gasteiger partial charge in [-0.1, -0.05) is 37.3 Å². The van der Waals surface area contributed by atoms with Crippen LogP contribution in [0.4, 0.5) is 0 Å². The van der Waals surface area contributed by atoms with Gasteiger partial charge in [-0.25, -0.2) is 0 Å². The molecule has 2 rings (SSSR count). The van der Waals surface area contributed by atoms with E-state index in [9.17, 15) is 4.79 Å². The normalized spacial score (nSPS) is 18.0. The minimum Gasteiger partial charge on any atom is -0.342 e. The van der Waals surface area contributed by atoms with Gasteiger partial charge in [0.1, 0.15) is 0 Å².